The summed E-state index contributed by atoms with van der Waals surface area (Å²) in [4.78, 5) is 23.9. The molecule has 6 heteroatoms. The first-order valence-corrected chi connectivity index (χ1v) is 10.3. The van der Waals surface area contributed by atoms with Crippen LogP contribution in [0.5, 0.6) is 17.2 Å². The van der Waals surface area contributed by atoms with E-state index in [9.17, 15) is 14.7 Å². The van der Waals surface area contributed by atoms with Crippen molar-refractivity contribution in [3.8, 4) is 28.6 Å². The number of hydrogen-bond acceptors (Lipinski definition) is 6. The van der Waals surface area contributed by atoms with E-state index < -0.39 is 0 Å². The molecule has 0 fully saturated rings. The highest BCUT2D eigenvalue weighted by Gasteiger charge is 2.14. The van der Waals surface area contributed by atoms with Crippen molar-refractivity contribution < 1.29 is 23.8 Å². The Morgan fingerprint density at radius 3 is 2.65 bits per heavy atom. The predicted molar refractivity (Wildman–Crippen MR) is 121 cm³/mol. The molecule has 1 heterocycles. The van der Waals surface area contributed by atoms with Crippen LogP contribution in [-0.4, -0.2) is 24.1 Å². The second kappa shape index (κ2) is 9.98. The predicted octanol–water partition coefficient (Wildman–Crippen LogP) is 5.35. The summed E-state index contributed by atoms with van der Waals surface area (Å²) < 4.78 is 17.0. The molecule has 0 unspecified atom stereocenters. The van der Waals surface area contributed by atoms with E-state index in [0.717, 1.165) is 24.2 Å². The minimum atomic E-state index is -0.371. The standard InChI is InChI=1S/C25H26O6/c1-4-6-7-8-17-11-18(9-10-22(17)29-5-2)23-14-21(28)25-20(27)12-19(13-24(25)31-23)30-15-16(3)26/h7-14,27H,4-6,15H2,1-3H3. The van der Waals surface area contributed by atoms with Crippen LogP contribution in [0, 0.1) is 0 Å². The van der Waals surface area contributed by atoms with Gasteiger partial charge >= 0.3 is 0 Å². The van der Waals surface area contributed by atoms with E-state index in [-0.39, 0.29) is 40.3 Å². The average molecular weight is 422 g/mol. The lowest BCUT2D eigenvalue weighted by atomic mass is 10.1. The fourth-order valence-electron chi connectivity index (χ4n) is 3.15. The van der Waals surface area contributed by atoms with Crippen molar-refractivity contribution >= 4 is 22.8 Å². The van der Waals surface area contributed by atoms with E-state index >= 15 is 0 Å². The molecule has 3 aromatic rings. The maximum atomic E-state index is 12.7. The highest BCUT2D eigenvalue weighted by Crippen LogP contribution is 2.33. The van der Waals surface area contributed by atoms with E-state index in [1.807, 2.05) is 31.2 Å². The molecular formula is C25H26O6. The number of benzene rings is 2. The number of hydrogen-bond donors (Lipinski definition) is 1. The number of ketones is 1. The van der Waals surface area contributed by atoms with E-state index in [4.69, 9.17) is 13.9 Å². The number of carbonyl (C=O) groups is 1. The first-order valence-electron chi connectivity index (χ1n) is 10.3. The van der Waals surface area contributed by atoms with Crippen LogP contribution < -0.4 is 14.9 Å². The Morgan fingerprint density at radius 2 is 1.94 bits per heavy atom. The molecule has 0 saturated heterocycles. The van der Waals surface area contributed by atoms with Gasteiger partial charge in [0, 0.05) is 29.3 Å². The molecule has 3 rings (SSSR count). The number of allylic oxidation sites excluding steroid dienone is 1. The fraction of sp³-hybridized carbons (Fsp3) is 0.280. The second-order valence-electron chi connectivity index (χ2n) is 7.16. The van der Waals surface area contributed by atoms with Crippen LogP contribution in [0.1, 0.15) is 39.2 Å². The van der Waals surface area contributed by atoms with Gasteiger partial charge in [0.25, 0.3) is 0 Å². The van der Waals surface area contributed by atoms with Gasteiger partial charge in [-0.05, 0) is 38.5 Å². The highest BCUT2D eigenvalue weighted by molar-refractivity contribution is 5.86. The van der Waals surface area contributed by atoms with Crippen LogP contribution in [0.25, 0.3) is 28.4 Å². The Bertz CT molecular complexity index is 1170. The second-order valence-corrected chi connectivity index (χ2v) is 7.16. The Labute approximate surface area is 180 Å². The molecule has 0 bridgehead atoms. The molecule has 0 aliphatic carbocycles. The van der Waals surface area contributed by atoms with Crippen LogP contribution in [0.2, 0.25) is 0 Å². The number of ether oxygens (including phenoxy) is 2. The van der Waals surface area contributed by atoms with E-state index in [2.05, 4.69) is 13.0 Å². The molecule has 0 radical (unpaired) electrons. The molecule has 6 nitrogen and oxygen atoms in total. The molecule has 2 aromatic carbocycles. The molecule has 0 aliphatic rings. The van der Waals surface area contributed by atoms with Gasteiger partial charge in [-0.15, -0.1) is 0 Å². The number of rotatable bonds is 9. The summed E-state index contributed by atoms with van der Waals surface area (Å²) in [7, 11) is 0. The molecule has 0 saturated carbocycles. The van der Waals surface area contributed by atoms with Crippen LogP contribution in [0.15, 0.2) is 51.7 Å². The van der Waals surface area contributed by atoms with Crippen molar-refractivity contribution in [2.45, 2.75) is 33.6 Å². The zero-order valence-electron chi connectivity index (χ0n) is 17.9. The smallest absolute Gasteiger partial charge is 0.197 e. The first-order chi connectivity index (χ1) is 14.9. The Kier molecular flexibility index (Phi) is 7.13. The molecule has 0 amide bonds. The minimum absolute atomic E-state index is 0.0629. The molecule has 1 N–H and O–H groups in total. The van der Waals surface area contributed by atoms with Gasteiger partial charge < -0.3 is 19.0 Å². The molecule has 31 heavy (non-hydrogen) atoms. The Balaban J connectivity index is 2.08. The number of fused-ring (bicyclic) bond motifs is 1. The zero-order chi connectivity index (χ0) is 22.4. The number of carbonyl (C=O) groups excluding carboxylic acids is 1. The lowest BCUT2D eigenvalue weighted by Gasteiger charge is -2.11. The van der Waals surface area contributed by atoms with Crippen molar-refractivity contribution in [3.05, 3.63) is 58.3 Å². The zero-order valence-corrected chi connectivity index (χ0v) is 17.9. The van der Waals surface area contributed by atoms with E-state index in [1.54, 1.807) is 0 Å². The highest BCUT2D eigenvalue weighted by atomic mass is 16.5. The molecule has 0 atom stereocenters. The van der Waals surface area contributed by atoms with Crippen molar-refractivity contribution in [3.63, 3.8) is 0 Å². The SMILES string of the molecule is CCCC=Cc1cc(-c2cc(=O)c3c(O)cc(OCC(C)=O)cc3o2)ccc1OCC. The third-order valence-corrected chi connectivity index (χ3v) is 4.57. The summed E-state index contributed by atoms with van der Waals surface area (Å²) in [5.41, 5.74) is 1.40. The average Bonchev–Trinajstić information content (AvgIpc) is 2.73. The largest absolute Gasteiger partial charge is 0.507 e. The summed E-state index contributed by atoms with van der Waals surface area (Å²) >= 11 is 0. The lowest BCUT2D eigenvalue weighted by molar-refractivity contribution is -0.118. The molecule has 0 aliphatic heterocycles. The van der Waals surface area contributed by atoms with Gasteiger partial charge in [0.2, 0.25) is 0 Å². The van der Waals surface area contributed by atoms with E-state index in [1.165, 1.54) is 25.1 Å². The number of phenols is 1. The monoisotopic (exact) mass is 422 g/mol. The molecule has 162 valence electrons. The van der Waals surface area contributed by atoms with Gasteiger partial charge in [0.1, 0.15) is 40.6 Å². The normalized spacial score (nSPS) is 11.2. The van der Waals surface area contributed by atoms with Gasteiger partial charge in [-0.1, -0.05) is 25.5 Å². The summed E-state index contributed by atoms with van der Waals surface area (Å²) in [6.45, 7) is 5.84. The van der Waals surface area contributed by atoms with Crippen LogP contribution in [-0.2, 0) is 4.79 Å². The maximum absolute atomic E-state index is 12.7. The first kappa shape index (κ1) is 22.2. The quantitative estimate of drug-likeness (QED) is 0.501. The summed E-state index contributed by atoms with van der Waals surface area (Å²) in [6.07, 6.45) is 6.06. The number of aromatic hydroxyl groups is 1. The van der Waals surface area contributed by atoms with Crippen LogP contribution in [0.3, 0.4) is 0 Å². The van der Waals surface area contributed by atoms with Gasteiger partial charge in [-0.2, -0.15) is 0 Å². The third-order valence-electron chi connectivity index (χ3n) is 4.57. The van der Waals surface area contributed by atoms with Crippen molar-refractivity contribution in [1.82, 2.24) is 0 Å². The van der Waals surface area contributed by atoms with Crippen molar-refractivity contribution in [2.24, 2.45) is 0 Å². The van der Waals surface area contributed by atoms with Gasteiger partial charge in [-0.25, -0.2) is 0 Å². The van der Waals surface area contributed by atoms with Crippen LogP contribution in [0.4, 0.5) is 0 Å². The summed E-state index contributed by atoms with van der Waals surface area (Å²) in [5.74, 6) is 0.933. The lowest BCUT2D eigenvalue weighted by Crippen LogP contribution is -2.07. The van der Waals surface area contributed by atoms with Crippen molar-refractivity contribution in [1.29, 1.82) is 0 Å². The Hall–Kier alpha value is -3.54. The van der Waals surface area contributed by atoms with Gasteiger partial charge in [0.05, 0.1) is 6.61 Å². The fourth-order valence-corrected chi connectivity index (χ4v) is 3.15. The third kappa shape index (κ3) is 5.34. The topological polar surface area (TPSA) is 86.0 Å². The number of phenolic OH excluding ortho intramolecular Hbond substituents is 1. The maximum Gasteiger partial charge on any atom is 0.197 e. The van der Waals surface area contributed by atoms with Crippen LogP contribution >= 0.6 is 0 Å². The number of unbranched alkanes of at least 4 members (excludes halogenated alkanes) is 1. The summed E-state index contributed by atoms with van der Waals surface area (Å²) in [6, 6.07) is 9.72. The molecule has 1 aromatic heterocycles. The number of Topliss-reactive ketones (excluding diaryl/α,β-unsaturated/α-hetero) is 1. The van der Waals surface area contributed by atoms with Gasteiger partial charge in [-0.3, -0.25) is 9.59 Å². The Morgan fingerprint density at radius 1 is 1.13 bits per heavy atom. The van der Waals surface area contributed by atoms with Crippen molar-refractivity contribution in [2.75, 3.05) is 13.2 Å². The van der Waals surface area contributed by atoms with Gasteiger partial charge in [0.15, 0.2) is 11.2 Å². The molecule has 0 spiro atoms. The van der Waals surface area contributed by atoms with E-state index in [0.29, 0.717) is 17.9 Å². The molecular weight excluding hydrogens is 396 g/mol. The summed E-state index contributed by atoms with van der Waals surface area (Å²) in [5, 5.41) is 10.3. The minimum Gasteiger partial charge on any atom is -0.507 e.